The number of nitrogens with one attached hydrogen (secondary N) is 1. The molecule has 0 atom stereocenters. The van der Waals surface area contributed by atoms with Crippen LogP contribution in [0.1, 0.15) is 11.3 Å². The molecule has 0 aliphatic heterocycles. The third kappa shape index (κ3) is 6.54. The molecular weight excluding hydrogens is 342 g/mol. The van der Waals surface area contributed by atoms with E-state index in [9.17, 15) is 8.78 Å². The summed E-state index contributed by atoms with van der Waals surface area (Å²) in [7, 11) is 1.40. The summed E-state index contributed by atoms with van der Waals surface area (Å²) in [5.41, 5.74) is 7.59. The Morgan fingerprint density at radius 1 is 1.23 bits per heavy atom. The largest absolute Gasteiger partial charge is 0.493 e. The fourth-order valence-corrected chi connectivity index (χ4v) is 2.29. The predicted octanol–water partition coefficient (Wildman–Crippen LogP) is 2.38. The molecule has 0 aliphatic rings. The zero-order chi connectivity index (χ0) is 18.8. The molecule has 2 aromatic rings. The second kappa shape index (κ2) is 10.2. The first kappa shape index (κ1) is 19.4. The van der Waals surface area contributed by atoms with Gasteiger partial charge in [-0.25, -0.2) is 0 Å². The lowest BCUT2D eigenvalue weighted by Gasteiger charge is -2.12. The van der Waals surface area contributed by atoms with Gasteiger partial charge in [0.1, 0.15) is 0 Å². The van der Waals surface area contributed by atoms with Gasteiger partial charge in [-0.3, -0.25) is 9.98 Å². The molecule has 0 saturated carbocycles. The van der Waals surface area contributed by atoms with Crippen LogP contribution in [0.4, 0.5) is 8.78 Å². The highest BCUT2D eigenvalue weighted by atomic mass is 19.3. The number of pyridine rings is 1. The van der Waals surface area contributed by atoms with Crippen molar-refractivity contribution in [2.75, 3.05) is 20.2 Å². The average molecular weight is 364 g/mol. The summed E-state index contributed by atoms with van der Waals surface area (Å²) in [6.07, 6.45) is 3.01. The first-order valence-electron chi connectivity index (χ1n) is 8.14. The number of nitrogens with two attached hydrogens (primary N) is 1. The molecule has 0 unspecified atom stereocenters. The molecule has 140 valence electrons. The monoisotopic (exact) mass is 364 g/mol. The molecule has 1 heterocycles. The fraction of sp³-hybridized carbons (Fsp3) is 0.333. The highest BCUT2D eigenvalue weighted by Gasteiger charge is 2.11. The number of hydrogen-bond donors (Lipinski definition) is 2. The van der Waals surface area contributed by atoms with E-state index in [1.807, 2.05) is 18.2 Å². The van der Waals surface area contributed by atoms with Crippen LogP contribution in [0, 0.1) is 0 Å². The third-order valence-corrected chi connectivity index (χ3v) is 3.54. The number of benzene rings is 1. The lowest BCUT2D eigenvalue weighted by atomic mass is 10.1. The van der Waals surface area contributed by atoms with E-state index in [0.29, 0.717) is 31.9 Å². The number of rotatable bonds is 9. The number of halogens is 2. The topological polar surface area (TPSA) is 81.8 Å². The van der Waals surface area contributed by atoms with Crippen molar-refractivity contribution in [3.05, 3.63) is 53.9 Å². The van der Waals surface area contributed by atoms with Crippen LogP contribution in [0.2, 0.25) is 0 Å². The fourth-order valence-electron chi connectivity index (χ4n) is 2.29. The summed E-state index contributed by atoms with van der Waals surface area (Å²) in [4.78, 5) is 8.45. The van der Waals surface area contributed by atoms with Gasteiger partial charge in [0.05, 0.1) is 7.11 Å². The first-order chi connectivity index (χ1) is 12.6. The molecule has 8 heteroatoms. The number of guanidine groups is 1. The molecule has 1 aromatic carbocycles. The lowest BCUT2D eigenvalue weighted by Crippen LogP contribution is -2.33. The van der Waals surface area contributed by atoms with E-state index < -0.39 is 6.61 Å². The maximum atomic E-state index is 12.4. The number of methoxy groups -OCH3 is 1. The zero-order valence-electron chi connectivity index (χ0n) is 14.5. The summed E-state index contributed by atoms with van der Waals surface area (Å²) in [6.45, 7) is -1.86. The minimum absolute atomic E-state index is 0.0111. The summed E-state index contributed by atoms with van der Waals surface area (Å²) < 4.78 is 34.4. The summed E-state index contributed by atoms with van der Waals surface area (Å²) in [6, 6.07) is 10.6. The average Bonchev–Trinajstić information content (AvgIpc) is 2.62. The van der Waals surface area contributed by atoms with Gasteiger partial charge in [-0.15, -0.1) is 0 Å². The van der Waals surface area contributed by atoms with E-state index in [-0.39, 0.29) is 11.5 Å². The molecule has 3 N–H and O–H groups in total. The number of ether oxygens (including phenoxy) is 2. The van der Waals surface area contributed by atoms with Gasteiger partial charge in [0.25, 0.3) is 0 Å². The van der Waals surface area contributed by atoms with Crippen LogP contribution >= 0.6 is 0 Å². The van der Waals surface area contributed by atoms with E-state index in [1.54, 1.807) is 18.3 Å². The maximum Gasteiger partial charge on any atom is 0.387 e. The van der Waals surface area contributed by atoms with Gasteiger partial charge in [0.15, 0.2) is 17.5 Å². The van der Waals surface area contributed by atoms with Crippen LogP contribution in [0.15, 0.2) is 47.6 Å². The van der Waals surface area contributed by atoms with Gasteiger partial charge in [-0.1, -0.05) is 12.1 Å². The Labute approximate surface area is 151 Å². The van der Waals surface area contributed by atoms with Crippen molar-refractivity contribution < 1.29 is 18.3 Å². The Morgan fingerprint density at radius 3 is 2.77 bits per heavy atom. The molecule has 2 rings (SSSR count). The van der Waals surface area contributed by atoms with E-state index in [4.69, 9.17) is 10.5 Å². The quantitative estimate of drug-likeness (QED) is 0.527. The first-order valence-corrected chi connectivity index (χ1v) is 8.14. The van der Waals surface area contributed by atoms with Crippen molar-refractivity contribution >= 4 is 5.96 Å². The zero-order valence-corrected chi connectivity index (χ0v) is 14.5. The molecule has 6 nitrogen and oxygen atoms in total. The molecule has 0 aliphatic carbocycles. The highest BCUT2D eigenvalue weighted by Crippen LogP contribution is 2.29. The number of alkyl halides is 2. The van der Waals surface area contributed by atoms with Crippen LogP contribution < -0.4 is 20.5 Å². The molecule has 0 amide bonds. The predicted molar refractivity (Wildman–Crippen MR) is 95.8 cm³/mol. The van der Waals surface area contributed by atoms with Crippen LogP contribution in [-0.4, -0.2) is 37.8 Å². The summed E-state index contributed by atoms with van der Waals surface area (Å²) in [5, 5.41) is 2.99. The minimum atomic E-state index is -2.90. The highest BCUT2D eigenvalue weighted by molar-refractivity contribution is 5.77. The molecule has 0 saturated heterocycles. The van der Waals surface area contributed by atoms with Crippen LogP contribution in [0.25, 0.3) is 0 Å². The molecule has 0 radical (unpaired) electrons. The third-order valence-electron chi connectivity index (χ3n) is 3.54. The smallest absolute Gasteiger partial charge is 0.387 e. The molecule has 0 spiro atoms. The van der Waals surface area contributed by atoms with Crippen molar-refractivity contribution in [3.63, 3.8) is 0 Å². The van der Waals surface area contributed by atoms with Crippen molar-refractivity contribution in [2.24, 2.45) is 10.7 Å². The number of nitrogens with zero attached hydrogens (tertiary/aromatic N) is 2. The van der Waals surface area contributed by atoms with Crippen LogP contribution in [-0.2, 0) is 12.8 Å². The van der Waals surface area contributed by atoms with Gasteiger partial charge in [-0.2, -0.15) is 8.78 Å². The van der Waals surface area contributed by atoms with Crippen molar-refractivity contribution in [1.29, 1.82) is 0 Å². The summed E-state index contributed by atoms with van der Waals surface area (Å²) in [5.74, 6) is 0.605. The van der Waals surface area contributed by atoms with E-state index in [1.165, 1.54) is 13.2 Å². The standard InChI is InChI=1S/C18H22F2N4O2/c1-25-15-6-5-13(12-16(15)26-17(19)20)7-10-23-18(21)24-11-8-14-4-2-3-9-22-14/h2-6,9,12,17H,7-8,10-11H2,1H3,(H3,21,23,24). The minimum Gasteiger partial charge on any atom is -0.493 e. The van der Waals surface area contributed by atoms with Gasteiger partial charge >= 0.3 is 6.61 Å². The molecule has 0 fully saturated rings. The van der Waals surface area contributed by atoms with Crippen molar-refractivity contribution in [3.8, 4) is 11.5 Å². The van der Waals surface area contributed by atoms with E-state index >= 15 is 0 Å². The van der Waals surface area contributed by atoms with Crippen LogP contribution in [0.5, 0.6) is 11.5 Å². The Kier molecular flexibility index (Phi) is 7.60. The Hall–Kier alpha value is -2.90. The Bertz CT molecular complexity index is 712. The lowest BCUT2D eigenvalue weighted by molar-refractivity contribution is -0.0512. The number of hydrogen-bond acceptors (Lipinski definition) is 4. The van der Waals surface area contributed by atoms with E-state index in [0.717, 1.165) is 11.3 Å². The Morgan fingerprint density at radius 2 is 2.08 bits per heavy atom. The van der Waals surface area contributed by atoms with Gasteiger partial charge in [0.2, 0.25) is 0 Å². The van der Waals surface area contributed by atoms with E-state index in [2.05, 4.69) is 20.0 Å². The molecule has 0 bridgehead atoms. The SMILES string of the molecule is COc1ccc(CCNC(N)=NCCc2ccccn2)cc1OC(F)F. The maximum absolute atomic E-state index is 12.4. The van der Waals surface area contributed by atoms with Gasteiger partial charge in [-0.05, 0) is 36.2 Å². The van der Waals surface area contributed by atoms with Crippen molar-refractivity contribution in [1.82, 2.24) is 10.3 Å². The second-order valence-corrected chi connectivity index (χ2v) is 5.38. The summed E-state index contributed by atoms with van der Waals surface area (Å²) >= 11 is 0. The normalized spacial score (nSPS) is 11.5. The number of aliphatic imine (C=N–C) groups is 1. The van der Waals surface area contributed by atoms with Crippen LogP contribution in [0.3, 0.4) is 0 Å². The van der Waals surface area contributed by atoms with Gasteiger partial charge in [0, 0.05) is 31.4 Å². The van der Waals surface area contributed by atoms with Crippen molar-refractivity contribution in [2.45, 2.75) is 19.5 Å². The second-order valence-electron chi connectivity index (χ2n) is 5.38. The van der Waals surface area contributed by atoms with Gasteiger partial charge < -0.3 is 20.5 Å². The molecular formula is C18H22F2N4O2. The molecule has 26 heavy (non-hydrogen) atoms. The Balaban J connectivity index is 1.80. The molecule has 1 aromatic heterocycles. The number of aromatic nitrogens is 1.